The third-order valence-corrected chi connectivity index (χ3v) is 14.5. The number of hydrogen-bond acceptors (Lipinski definition) is 9. The molecule has 3 heterocycles. The normalized spacial score (nSPS) is 30.3. The first-order valence-corrected chi connectivity index (χ1v) is 20.5. The molecule has 2 aromatic carbocycles. The number of carbonyl (C=O) groups is 1. The zero-order valence-electron chi connectivity index (χ0n) is 31.1. The van der Waals surface area contributed by atoms with Crippen molar-refractivity contribution in [2.75, 3.05) is 45.9 Å². The molecule has 0 radical (unpaired) electrons. The molecule has 7 rings (SSSR count). The molecule has 0 unspecified atom stereocenters. The fourth-order valence-corrected chi connectivity index (χ4v) is 10.5. The smallest absolute Gasteiger partial charge is 0.264 e. The number of ether oxygens (including phenoxy) is 4. The number of halogens is 1. The molecule has 1 saturated carbocycles. The Bertz CT molecular complexity index is 1990. The van der Waals surface area contributed by atoms with E-state index in [1.54, 1.807) is 46.6 Å². The Morgan fingerprint density at radius 3 is 2.60 bits per heavy atom. The van der Waals surface area contributed by atoms with Crippen molar-refractivity contribution in [3.63, 3.8) is 0 Å². The van der Waals surface area contributed by atoms with Crippen LogP contribution in [-0.4, -0.2) is 65.6 Å². The molecule has 6 atom stereocenters. The number of sulfonamides is 1. The van der Waals surface area contributed by atoms with E-state index in [4.69, 9.17) is 30.5 Å². The maximum atomic E-state index is 13.7. The highest BCUT2D eigenvalue weighted by atomic mass is 35.5. The van der Waals surface area contributed by atoms with Gasteiger partial charge in [0, 0.05) is 79.9 Å². The van der Waals surface area contributed by atoms with Gasteiger partial charge in [0.05, 0.1) is 17.5 Å². The predicted octanol–water partition coefficient (Wildman–Crippen LogP) is 7.11. The van der Waals surface area contributed by atoms with Crippen molar-refractivity contribution < 1.29 is 32.2 Å². The number of aryl methyl sites for hydroxylation is 1. The minimum absolute atomic E-state index is 0.0567. The highest BCUT2D eigenvalue weighted by Gasteiger charge is 2.50. The SMILES string of the molecule is COC(OC)c1cncc([C@]2(OC)/C=C/C[C@H](C)[C@@H](C)S(=O)(=O)NC(=O)c3ccc4c(c3)N(C[C@@H]3CC[C@H]32)C[C@@]2(CCCc3cc(Cl)ccc32)CO4)c1. The number of nitrogens with one attached hydrogen (secondary N) is 1. The minimum atomic E-state index is -4.01. The van der Waals surface area contributed by atoms with Crippen LogP contribution in [0.2, 0.25) is 5.02 Å². The number of amides is 1. The van der Waals surface area contributed by atoms with Gasteiger partial charge in [-0.3, -0.25) is 9.78 Å². The molecule has 12 heteroatoms. The Hall–Kier alpha value is -3.48. The van der Waals surface area contributed by atoms with E-state index < -0.39 is 33.1 Å². The van der Waals surface area contributed by atoms with Gasteiger partial charge in [-0.2, -0.15) is 0 Å². The van der Waals surface area contributed by atoms with E-state index in [1.807, 2.05) is 37.4 Å². The van der Waals surface area contributed by atoms with Crippen LogP contribution < -0.4 is 14.4 Å². The van der Waals surface area contributed by atoms with Crippen LogP contribution >= 0.6 is 11.6 Å². The number of anilines is 1. The largest absolute Gasteiger partial charge is 0.490 e. The molecule has 1 aromatic heterocycles. The van der Waals surface area contributed by atoms with Crippen molar-refractivity contribution in [2.45, 2.75) is 74.9 Å². The molecule has 4 aliphatic rings. The van der Waals surface area contributed by atoms with Gasteiger partial charge >= 0.3 is 0 Å². The predicted molar refractivity (Wildman–Crippen MR) is 205 cm³/mol. The van der Waals surface area contributed by atoms with Gasteiger partial charge in [-0.25, -0.2) is 13.1 Å². The summed E-state index contributed by atoms with van der Waals surface area (Å²) >= 11 is 6.49. The second kappa shape index (κ2) is 15.0. The quantitative estimate of drug-likeness (QED) is 0.214. The Balaban J connectivity index is 1.37. The molecule has 1 fully saturated rings. The van der Waals surface area contributed by atoms with Crippen molar-refractivity contribution in [3.05, 3.63) is 99.9 Å². The second-order valence-electron chi connectivity index (χ2n) is 15.3. The Morgan fingerprint density at radius 2 is 1.87 bits per heavy atom. The average Bonchev–Trinajstić information content (AvgIpc) is 3.29. The number of hydrogen-bond donors (Lipinski definition) is 1. The molecule has 1 N–H and O–H groups in total. The lowest BCUT2D eigenvalue weighted by Gasteiger charge is -2.50. The van der Waals surface area contributed by atoms with Crippen LogP contribution in [0.1, 0.15) is 84.9 Å². The fraction of sp³-hybridized carbons (Fsp3) is 0.512. The van der Waals surface area contributed by atoms with Gasteiger partial charge in [-0.1, -0.05) is 36.7 Å². The van der Waals surface area contributed by atoms with Crippen LogP contribution in [0, 0.1) is 17.8 Å². The van der Waals surface area contributed by atoms with Crippen molar-refractivity contribution in [3.8, 4) is 5.75 Å². The summed E-state index contributed by atoms with van der Waals surface area (Å²) in [6.07, 6.45) is 12.4. The van der Waals surface area contributed by atoms with Gasteiger partial charge in [0.25, 0.3) is 5.91 Å². The summed E-state index contributed by atoms with van der Waals surface area (Å²) in [5.74, 6) is -0.0268. The molecule has 2 aliphatic heterocycles. The van der Waals surface area contributed by atoms with Crippen molar-refractivity contribution in [1.82, 2.24) is 9.71 Å². The third kappa shape index (κ3) is 6.99. The number of rotatable bonds is 5. The summed E-state index contributed by atoms with van der Waals surface area (Å²) in [6, 6.07) is 13.5. The lowest BCUT2D eigenvalue weighted by molar-refractivity contribution is -0.107. The van der Waals surface area contributed by atoms with E-state index in [1.165, 1.54) is 11.1 Å². The maximum Gasteiger partial charge on any atom is 0.264 e. The van der Waals surface area contributed by atoms with E-state index in [0.29, 0.717) is 31.9 Å². The fourth-order valence-electron chi connectivity index (χ4n) is 9.07. The van der Waals surface area contributed by atoms with Gasteiger partial charge in [-0.15, -0.1) is 0 Å². The van der Waals surface area contributed by atoms with Crippen molar-refractivity contribution >= 4 is 33.2 Å². The number of aromatic nitrogens is 1. The van der Waals surface area contributed by atoms with E-state index in [9.17, 15) is 13.2 Å². The van der Waals surface area contributed by atoms with Crippen molar-refractivity contribution in [2.24, 2.45) is 17.8 Å². The van der Waals surface area contributed by atoms with Crippen LogP contribution in [0.5, 0.6) is 5.75 Å². The standard InChI is InChI=1S/C41H50ClN3O7S/c1-26-8-6-17-41(51-5,32-18-31(21-43-22-32)39(49-3)50-4)35-13-10-30(35)23-45-24-40(16-7-9-28-19-33(42)12-14-34(28)40)25-52-37-15-11-29(20-36(37)45)38(46)44-53(47,48)27(26)2/h6,11-12,14-15,17-22,26-27,30,35,39H,7-10,13,16,23-25H2,1-5H3,(H,44,46)/b17-6+/t26-,27+,30-,35+,40-,41+/m0/s1. The monoisotopic (exact) mass is 763 g/mol. The number of fused-ring (bicyclic) bond motifs is 4. The summed E-state index contributed by atoms with van der Waals surface area (Å²) in [5, 5.41) is -0.118. The summed E-state index contributed by atoms with van der Waals surface area (Å²) in [4.78, 5) is 20.6. The molecular weight excluding hydrogens is 714 g/mol. The summed E-state index contributed by atoms with van der Waals surface area (Å²) < 4.78 is 54.1. The second-order valence-corrected chi connectivity index (χ2v) is 17.8. The summed E-state index contributed by atoms with van der Waals surface area (Å²) in [7, 11) is 0.922. The van der Waals surface area contributed by atoms with Gasteiger partial charge in [0.2, 0.25) is 10.0 Å². The first kappa shape index (κ1) is 37.8. The molecule has 10 nitrogen and oxygen atoms in total. The molecule has 2 bridgehead atoms. The number of carbonyl (C=O) groups excluding carboxylic acids is 1. The lowest BCUT2D eigenvalue weighted by atomic mass is 9.62. The van der Waals surface area contributed by atoms with E-state index in [-0.39, 0.29) is 28.7 Å². The minimum Gasteiger partial charge on any atom is -0.490 e. The van der Waals surface area contributed by atoms with E-state index >= 15 is 0 Å². The number of allylic oxidation sites excluding steroid dienone is 1. The van der Waals surface area contributed by atoms with Crippen LogP contribution in [-0.2, 0) is 41.7 Å². The highest BCUT2D eigenvalue weighted by Crippen LogP contribution is 2.52. The van der Waals surface area contributed by atoms with Gasteiger partial charge in [0.1, 0.15) is 11.4 Å². The maximum absolute atomic E-state index is 13.7. The zero-order chi connectivity index (χ0) is 37.5. The van der Waals surface area contributed by atoms with Crippen LogP contribution in [0.4, 0.5) is 5.69 Å². The molecule has 3 aromatic rings. The average molecular weight is 764 g/mol. The van der Waals surface area contributed by atoms with Crippen LogP contribution in [0.15, 0.2) is 67.0 Å². The Labute approximate surface area is 318 Å². The zero-order valence-corrected chi connectivity index (χ0v) is 32.7. The van der Waals surface area contributed by atoms with E-state index in [0.717, 1.165) is 53.9 Å². The number of pyridine rings is 1. The molecule has 1 spiro atoms. The molecule has 1 amide bonds. The van der Waals surface area contributed by atoms with Gasteiger partial charge in [-0.05, 0) is 105 Å². The molecular formula is C41H50ClN3O7S. The van der Waals surface area contributed by atoms with Crippen LogP contribution in [0.3, 0.4) is 0 Å². The topological polar surface area (TPSA) is 116 Å². The first-order valence-electron chi connectivity index (χ1n) is 18.5. The molecule has 0 saturated heterocycles. The summed E-state index contributed by atoms with van der Waals surface area (Å²) in [5.41, 5.74) is 3.98. The molecule has 284 valence electrons. The first-order chi connectivity index (χ1) is 25.4. The lowest BCUT2D eigenvalue weighted by Crippen LogP contribution is -2.52. The molecule has 2 aliphatic carbocycles. The van der Waals surface area contributed by atoms with E-state index in [2.05, 4.69) is 32.8 Å². The van der Waals surface area contributed by atoms with Gasteiger partial charge in [0.15, 0.2) is 6.29 Å². The van der Waals surface area contributed by atoms with Gasteiger partial charge < -0.3 is 23.8 Å². The number of nitrogens with zero attached hydrogens (tertiary/aromatic N) is 2. The Kier molecular flexibility index (Phi) is 10.7. The summed E-state index contributed by atoms with van der Waals surface area (Å²) in [6.45, 7) is 5.33. The third-order valence-electron chi connectivity index (χ3n) is 12.4. The number of methoxy groups -OCH3 is 3. The van der Waals surface area contributed by atoms with Crippen LogP contribution in [0.25, 0.3) is 0 Å². The number of benzene rings is 2. The highest BCUT2D eigenvalue weighted by molar-refractivity contribution is 7.90. The Morgan fingerprint density at radius 1 is 1.06 bits per heavy atom. The molecule has 53 heavy (non-hydrogen) atoms. The van der Waals surface area contributed by atoms with Crippen molar-refractivity contribution in [1.29, 1.82) is 0 Å².